The second-order valence-corrected chi connectivity index (χ2v) is 8.24. The number of carbonyl (C=O) groups is 1. The van der Waals surface area contributed by atoms with Gasteiger partial charge in [0.25, 0.3) is 0 Å². The highest BCUT2D eigenvalue weighted by molar-refractivity contribution is 6.30. The lowest BCUT2D eigenvalue weighted by Gasteiger charge is -2.31. The molecule has 0 saturated heterocycles. The van der Waals surface area contributed by atoms with Gasteiger partial charge in [-0.05, 0) is 38.8 Å². The van der Waals surface area contributed by atoms with E-state index in [0.717, 1.165) is 17.7 Å². The van der Waals surface area contributed by atoms with Crippen LogP contribution in [0.25, 0.3) is 0 Å². The monoisotopic (exact) mass is 427 g/mol. The lowest BCUT2D eigenvalue weighted by atomic mass is 10.1. The fourth-order valence-electron chi connectivity index (χ4n) is 3.03. The van der Waals surface area contributed by atoms with Crippen molar-refractivity contribution in [2.45, 2.75) is 51.9 Å². The first-order chi connectivity index (χ1) is 13.4. The quantitative estimate of drug-likeness (QED) is 0.630. The minimum Gasteiger partial charge on any atom is -0.444 e. The zero-order valence-electron chi connectivity index (χ0n) is 16.3. The van der Waals surface area contributed by atoms with Crippen molar-refractivity contribution in [3.63, 3.8) is 0 Å². The van der Waals surface area contributed by atoms with Gasteiger partial charge in [0.1, 0.15) is 16.6 Å². The van der Waals surface area contributed by atoms with Crippen LogP contribution in [0.5, 0.6) is 0 Å². The maximum atomic E-state index is 12.9. The molecule has 0 unspecified atom stereocenters. The summed E-state index contributed by atoms with van der Waals surface area (Å²) in [6.07, 6.45) is -4.28. The van der Waals surface area contributed by atoms with Crippen LogP contribution in [0.4, 0.5) is 18.0 Å². The highest BCUT2D eigenvalue weighted by Gasteiger charge is 2.31. The molecule has 5 nitrogen and oxygen atoms in total. The van der Waals surface area contributed by atoms with Gasteiger partial charge in [0.05, 0.1) is 17.8 Å². The molecular formula is C20H21ClF3N3O2. The number of fused-ring (bicyclic) bond motifs is 1. The van der Waals surface area contributed by atoms with Crippen LogP contribution in [0, 0.1) is 0 Å². The summed E-state index contributed by atoms with van der Waals surface area (Å²) in [5, 5.41) is 0.265. The molecule has 1 aliphatic rings. The number of hydrogen-bond donors (Lipinski definition) is 0. The maximum absolute atomic E-state index is 12.9. The van der Waals surface area contributed by atoms with Gasteiger partial charge in [-0.1, -0.05) is 29.8 Å². The summed E-state index contributed by atoms with van der Waals surface area (Å²) < 4.78 is 44.2. The van der Waals surface area contributed by atoms with Crippen LogP contribution in [0.1, 0.15) is 49.0 Å². The molecule has 0 aliphatic carbocycles. The van der Waals surface area contributed by atoms with E-state index in [4.69, 9.17) is 16.3 Å². The number of rotatable bonds is 2. The van der Waals surface area contributed by atoms with Gasteiger partial charge in [-0.15, -0.1) is 0 Å². The van der Waals surface area contributed by atoms with E-state index >= 15 is 0 Å². The van der Waals surface area contributed by atoms with Crippen LogP contribution in [-0.2, 0) is 30.3 Å². The third-order valence-electron chi connectivity index (χ3n) is 4.33. The summed E-state index contributed by atoms with van der Waals surface area (Å²) in [6, 6.07) is 5.02. The van der Waals surface area contributed by atoms with E-state index in [9.17, 15) is 18.0 Å². The fraction of sp³-hybridized carbons (Fsp3) is 0.450. The van der Waals surface area contributed by atoms with Gasteiger partial charge in [0.2, 0.25) is 0 Å². The first-order valence-corrected chi connectivity index (χ1v) is 9.48. The number of carbonyl (C=O) groups excluding carboxylic acids is 1. The molecule has 29 heavy (non-hydrogen) atoms. The van der Waals surface area contributed by atoms with Gasteiger partial charge in [-0.25, -0.2) is 14.8 Å². The number of ether oxygens (including phenoxy) is 1. The Balaban J connectivity index is 1.82. The Morgan fingerprint density at radius 2 is 1.97 bits per heavy atom. The van der Waals surface area contributed by atoms with E-state index in [1.165, 1.54) is 11.0 Å². The summed E-state index contributed by atoms with van der Waals surface area (Å²) >= 11 is 6.29. The number of nitrogens with zero attached hydrogens (tertiary/aromatic N) is 3. The number of benzene rings is 1. The molecule has 1 amide bonds. The summed E-state index contributed by atoms with van der Waals surface area (Å²) in [5.41, 5.74) is 0.421. The standard InChI is InChI=1S/C20H21ClF3N3O2/c1-19(2,3)29-18(28)27-8-7-14-15(11-27)25-16(26-17(14)21)10-12-5-4-6-13(9-12)20(22,23)24/h4-6,9H,7-8,10-11H2,1-3H3. The van der Waals surface area contributed by atoms with Crippen LogP contribution in [0.2, 0.25) is 5.15 Å². The Morgan fingerprint density at radius 1 is 1.24 bits per heavy atom. The predicted octanol–water partition coefficient (Wildman–Crippen LogP) is 5.03. The van der Waals surface area contributed by atoms with Crippen molar-refractivity contribution in [1.29, 1.82) is 0 Å². The Labute approximate surface area is 171 Å². The van der Waals surface area contributed by atoms with Crippen molar-refractivity contribution in [3.8, 4) is 0 Å². The van der Waals surface area contributed by atoms with Gasteiger partial charge in [0.15, 0.2) is 0 Å². The fourth-order valence-corrected chi connectivity index (χ4v) is 3.34. The highest BCUT2D eigenvalue weighted by atomic mass is 35.5. The summed E-state index contributed by atoms with van der Waals surface area (Å²) in [6.45, 7) is 6.00. The van der Waals surface area contributed by atoms with E-state index < -0.39 is 23.4 Å². The first-order valence-electron chi connectivity index (χ1n) is 9.10. The van der Waals surface area contributed by atoms with E-state index in [1.807, 2.05) is 0 Å². The minimum atomic E-state index is -4.42. The van der Waals surface area contributed by atoms with Crippen molar-refractivity contribution in [3.05, 3.63) is 57.6 Å². The molecule has 0 spiro atoms. The molecule has 0 saturated carbocycles. The number of halogens is 4. The Kier molecular flexibility index (Phi) is 5.76. The second-order valence-electron chi connectivity index (χ2n) is 7.88. The molecule has 1 aromatic heterocycles. The Hall–Kier alpha value is -2.35. The van der Waals surface area contributed by atoms with Crippen LogP contribution < -0.4 is 0 Å². The largest absolute Gasteiger partial charge is 0.444 e. The molecule has 0 N–H and O–H groups in total. The SMILES string of the molecule is CC(C)(C)OC(=O)N1CCc2c(Cl)nc(Cc3cccc(C(F)(F)F)c3)nc2C1. The topological polar surface area (TPSA) is 55.3 Å². The molecule has 2 heterocycles. The van der Waals surface area contributed by atoms with Crippen LogP contribution in [-0.4, -0.2) is 33.1 Å². The highest BCUT2D eigenvalue weighted by Crippen LogP contribution is 2.30. The van der Waals surface area contributed by atoms with E-state index in [-0.39, 0.29) is 18.1 Å². The van der Waals surface area contributed by atoms with E-state index in [2.05, 4.69) is 9.97 Å². The second kappa shape index (κ2) is 7.82. The summed E-state index contributed by atoms with van der Waals surface area (Å²) in [4.78, 5) is 22.6. The maximum Gasteiger partial charge on any atom is 0.416 e. The van der Waals surface area contributed by atoms with Crippen molar-refractivity contribution >= 4 is 17.7 Å². The van der Waals surface area contributed by atoms with Crippen LogP contribution in [0.15, 0.2) is 24.3 Å². The van der Waals surface area contributed by atoms with Crippen LogP contribution in [0.3, 0.4) is 0 Å². The Morgan fingerprint density at radius 3 is 2.62 bits per heavy atom. The smallest absolute Gasteiger partial charge is 0.416 e. The van der Waals surface area contributed by atoms with Crippen molar-refractivity contribution in [2.24, 2.45) is 0 Å². The third kappa shape index (κ3) is 5.38. The van der Waals surface area contributed by atoms with E-state index in [0.29, 0.717) is 30.0 Å². The molecule has 1 aromatic carbocycles. The van der Waals surface area contributed by atoms with Gasteiger partial charge in [-0.2, -0.15) is 13.2 Å². The zero-order chi connectivity index (χ0) is 21.4. The van der Waals surface area contributed by atoms with Crippen molar-refractivity contribution in [2.75, 3.05) is 6.54 Å². The molecular weight excluding hydrogens is 407 g/mol. The normalized spacial score (nSPS) is 14.5. The first kappa shape index (κ1) is 21.4. The zero-order valence-corrected chi connectivity index (χ0v) is 17.1. The average Bonchev–Trinajstić information content (AvgIpc) is 2.59. The molecule has 9 heteroatoms. The van der Waals surface area contributed by atoms with Gasteiger partial charge < -0.3 is 9.64 Å². The summed E-state index contributed by atoms with van der Waals surface area (Å²) in [5.74, 6) is 0.305. The molecule has 156 valence electrons. The van der Waals surface area contributed by atoms with Crippen molar-refractivity contribution in [1.82, 2.24) is 14.9 Å². The predicted molar refractivity (Wildman–Crippen MR) is 102 cm³/mol. The van der Waals surface area contributed by atoms with Gasteiger partial charge in [0, 0.05) is 18.5 Å². The van der Waals surface area contributed by atoms with E-state index in [1.54, 1.807) is 26.8 Å². The van der Waals surface area contributed by atoms with Gasteiger partial charge in [-0.3, -0.25) is 0 Å². The van der Waals surface area contributed by atoms with Crippen molar-refractivity contribution < 1.29 is 22.7 Å². The molecule has 2 aromatic rings. The summed E-state index contributed by atoms with van der Waals surface area (Å²) in [7, 11) is 0. The molecule has 0 bridgehead atoms. The molecule has 0 atom stereocenters. The number of aromatic nitrogens is 2. The lowest BCUT2D eigenvalue weighted by Crippen LogP contribution is -2.40. The minimum absolute atomic E-state index is 0.101. The average molecular weight is 428 g/mol. The van der Waals surface area contributed by atoms with Gasteiger partial charge >= 0.3 is 12.3 Å². The molecule has 1 aliphatic heterocycles. The number of amides is 1. The molecule has 0 fully saturated rings. The van der Waals surface area contributed by atoms with Crippen LogP contribution >= 0.6 is 11.6 Å². The number of alkyl halides is 3. The Bertz CT molecular complexity index is 926. The molecule has 0 radical (unpaired) electrons. The number of hydrogen-bond acceptors (Lipinski definition) is 4. The third-order valence-corrected chi connectivity index (χ3v) is 4.64. The molecule has 3 rings (SSSR count). The lowest BCUT2D eigenvalue weighted by molar-refractivity contribution is -0.137.